The van der Waals surface area contributed by atoms with Gasteiger partial charge in [-0.1, -0.05) is 12.1 Å². The van der Waals surface area contributed by atoms with Gasteiger partial charge in [-0.3, -0.25) is 10.3 Å². The third-order valence-electron chi connectivity index (χ3n) is 3.37. The van der Waals surface area contributed by atoms with E-state index in [1.165, 1.54) is 6.07 Å². The lowest BCUT2D eigenvalue weighted by Gasteiger charge is -2.32. The second kappa shape index (κ2) is 5.80. The molecule has 0 saturated carbocycles. The molecule has 98 valence electrons. The van der Waals surface area contributed by atoms with E-state index < -0.39 is 0 Å². The molecular weight excluding hydrogens is 297 g/mol. The Kier molecular flexibility index (Phi) is 4.35. The number of piperidine rings is 1. The van der Waals surface area contributed by atoms with E-state index in [9.17, 15) is 4.39 Å². The minimum absolute atomic E-state index is 0.145. The smallest absolute Gasteiger partial charge is 0.137 e. The van der Waals surface area contributed by atoms with Crippen LogP contribution in [0.4, 0.5) is 4.39 Å². The highest BCUT2D eigenvalue weighted by atomic mass is 79.9. The van der Waals surface area contributed by atoms with Crippen molar-refractivity contribution in [3.63, 3.8) is 0 Å². The molecule has 3 N–H and O–H groups in total. The molecule has 2 rings (SSSR count). The summed E-state index contributed by atoms with van der Waals surface area (Å²) in [5.41, 5.74) is 6.51. The summed E-state index contributed by atoms with van der Waals surface area (Å²) in [7, 11) is 0. The maximum atomic E-state index is 13.4. The van der Waals surface area contributed by atoms with Gasteiger partial charge < -0.3 is 5.73 Å². The van der Waals surface area contributed by atoms with E-state index in [0.717, 1.165) is 31.5 Å². The fraction of sp³-hybridized carbons (Fsp3) is 0.462. The normalized spacial score (nSPS) is 20.9. The van der Waals surface area contributed by atoms with Crippen molar-refractivity contribution >= 4 is 21.8 Å². The summed E-state index contributed by atoms with van der Waals surface area (Å²) in [6.07, 6.45) is 2.02. The number of halogens is 2. The van der Waals surface area contributed by atoms with Crippen molar-refractivity contribution in [2.75, 3.05) is 13.1 Å². The zero-order chi connectivity index (χ0) is 13.1. The van der Waals surface area contributed by atoms with Gasteiger partial charge in [-0.15, -0.1) is 0 Å². The predicted molar refractivity (Wildman–Crippen MR) is 74.0 cm³/mol. The molecule has 1 atom stereocenters. The molecule has 18 heavy (non-hydrogen) atoms. The lowest BCUT2D eigenvalue weighted by atomic mass is 9.96. The zero-order valence-electron chi connectivity index (χ0n) is 10.1. The van der Waals surface area contributed by atoms with Crippen molar-refractivity contribution in [3.8, 4) is 0 Å². The molecule has 1 fully saturated rings. The van der Waals surface area contributed by atoms with Crippen molar-refractivity contribution in [2.45, 2.75) is 19.4 Å². The first-order chi connectivity index (χ1) is 8.58. The first-order valence-electron chi connectivity index (χ1n) is 6.07. The molecule has 0 aliphatic carbocycles. The first kappa shape index (κ1) is 13.5. The van der Waals surface area contributed by atoms with Gasteiger partial charge in [0.25, 0.3) is 0 Å². The highest BCUT2D eigenvalue weighted by Gasteiger charge is 2.22. The average Bonchev–Trinajstić information content (AvgIpc) is 2.35. The Labute approximate surface area is 115 Å². The number of nitrogens with zero attached hydrogens (tertiary/aromatic N) is 1. The van der Waals surface area contributed by atoms with E-state index in [-0.39, 0.29) is 17.6 Å². The molecule has 3 nitrogen and oxygen atoms in total. The molecule has 1 heterocycles. The maximum Gasteiger partial charge on any atom is 0.137 e. The molecular formula is C13H17BrFN3. The summed E-state index contributed by atoms with van der Waals surface area (Å²) in [5.74, 6) is 0.178. The number of nitrogens with one attached hydrogen (secondary N) is 1. The van der Waals surface area contributed by atoms with Crippen molar-refractivity contribution in [1.82, 2.24) is 4.90 Å². The SMILES string of the molecule is N=C(N)C1CCCN(Cc2cccc(F)c2Br)C1. The zero-order valence-corrected chi connectivity index (χ0v) is 11.7. The van der Waals surface area contributed by atoms with Crippen LogP contribution in [-0.2, 0) is 6.54 Å². The van der Waals surface area contributed by atoms with Crippen LogP contribution in [0.5, 0.6) is 0 Å². The van der Waals surface area contributed by atoms with E-state index in [0.29, 0.717) is 11.0 Å². The summed E-state index contributed by atoms with van der Waals surface area (Å²) in [6.45, 7) is 2.47. The third kappa shape index (κ3) is 3.09. The second-order valence-electron chi connectivity index (χ2n) is 4.74. The Morgan fingerprint density at radius 2 is 2.33 bits per heavy atom. The maximum absolute atomic E-state index is 13.4. The van der Waals surface area contributed by atoms with Gasteiger partial charge in [0.1, 0.15) is 5.82 Å². The lowest BCUT2D eigenvalue weighted by Crippen LogP contribution is -2.40. The van der Waals surface area contributed by atoms with Crippen LogP contribution in [-0.4, -0.2) is 23.8 Å². The largest absolute Gasteiger partial charge is 0.387 e. The number of hydrogen-bond donors (Lipinski definition) is 2. The van der Waals surface area contributed by atoms with Crippen LogP contribution in [0.25, 0.3) is 0 Å². The summed E-state index contributed by atoms with van der Waals surface area (Å²) < 4.78 is 14.0. The molecule has 1 aliphatic rings. The predicted octanol–water partition coefficient (Wildman–Crippen LogP) is 2.74. The Morgan fingerprint density at radius 3 is 3.06 bits per heavy atom. The van der Waals surface area contributed by atoms with Crippen molar-refractivity contribution in [3.05, 3.63) is 34.1 Å². The molecule has 5 heteroatoms. The van der Waals surface area contributed by atoms with Gasteiger partial charge in [0.2, 0.25) is 0 Å². The van der Waals surface area contributed by atoms with E-state index in [4.69, 9.17) is 11.1 Å². The standard InChI is InChI=1S/C13H17BrFN3/c14-12-9(3-1-5-11(12)15)7-18-6-2-4-10(8-18)13(16)17/h1,3,5,10H,2,4,6-8H2,(H3,16,17). The van der Waals surface area contributed by atoms with Crippen LogP contribution in [0.15, 0.2) is 22.7 Å². The fourth-order valence-corrected chi connectivity index (χ4v) is 2.75. The minimum atomic E-state index is -0.229. The molecule has 1 aromatic rings. The van der Waals surface area contributed by atoms with Crippen molar-refractivity contribution < 1.29 is 4.39 Å². The number of amidine groups is 1. The molecule has 0 aromatic heterocycles. The van der Waals surface area contributed by atoms with Gasteiger partial charge in [-0.25, -0.2) is 4.39 Å². The third-order valence-corrected chi connectivity index (χ3v) is 4.26. The Balaban J connectivity index is 2.05. The van der Waals surface area contributed by atoms with Gasteiger partial charge in [0.15, 0.2) is 0 Å². The van der Waals surface area contributed by atoms with Gasteiger partial charge in [-0.2, -0.15) is 0 Å². The molecule has 1 unspecified atom stereocenters. The fourth-order valence-electron chi connectivity index (χ4n) is 2.36. The van der Waals surface area contributed by atoms with Crippen molar-refractivity contribution in [1.29, 1.82) is 5.41 Å². The number of rotatable bonds is 3. The quantitative estimate of drug-likeness (QED) is 0.666. The molecule has 1 aromatic carbocycles. The topological polar surface area (TPSA) is 53.1 Å². The summed E-state index contributed by atoms with van der Waals surface area (Å²) in [4.78, 5) is 2.23. The molecule has 0 amide bonds. The van der Waals surface area contributed by atoms with Gasteiger partial charge in [0.05, 0.1) is 10.3 Å². The number of likely N-dealkylation sites (tertiary alicyclic amines) is 1. The lowest BCUT2D eigenvalue weighted by molar-refractivity contribution is 0.195. The molecule has 1 aliphatic heterocycles. The Morgan fingerprint density at radius 1 is 1.56 bits per heavy atom. The van der Waals surface area contributed by atoms with E-state index >= 15 is 0 Å². The van der Waals surface area contributed by atoms with Crippen LogP contribution in [0.1, 0.15) is 18.4 Å². The monoisotopic (exact) mass is 313 g/mol. The van der Waals surface area contributed by atoms with Crippen LogP contribution >= 0.6 is 15.9 Å². The average molecular weight is 314 g/mol. The van der Waals surface area contributed by atoms with Gasteiger partial charge in [-0.05, 0) is 46.9 Å². The van der Waals surface area contributed by atoms with Crippen LogP contribution in [0.2, 0.25) is 0 Å². The minimum Gasteiger partial charge on any atom is -0.387 e. The van der Waals surface area contributed by atoms with Crippen LogP contribution in [0.3, 0.4) is 0 Å². The van der Waals surface area contributed by atoms with Crippen molar-refractivity contribution in [2.24, 2.45) is 11.7 Å². The van der Waals surface area contributed by atoms with Crippen LogP contribution in [0, 0.1) is 17.1 Å². The van der Waals surface area contributed by atoms with Crippen LogP contribution < -0.4 is 5.73 Å². The summed E-state index contributed by atoms with van der Waals surface area (Å²) >= 11 is 3.28. The first-order valence-corrected chi connectivity index (χ1v) is 6.86. The van der Waals surface area contributed by atoms with E-state index in [2.05, 4.69) is 20.8 Å². The molecule has 0 bridgehead atoms. The number of benzene rings is 1. The summed E-state index contributed by atoms with van der Waals surface area (Å²) in [5, 5.41) is 7.52. The van der Waals surface area contributed by atoms with Gasteiger partial charge in [0, 0.05) is 19.0 Å². The van der Waals surface area contributed by atoms with Gasteiger partial charge >= 0.3 is 0 Å². The molecule has 0 radical (unpaired) electrons. The van der Waals surface area contributed by atoms with E-state index in [1.54, 1.807) is 6.07 Å². The molecule has 0 spiro atoms. The molecule has 1 saturated heterocycles. The highest BCUT2D eigenvalue weighted by Crippen LogP contribution is 2.24. The second-order valence-corrected chi connectivity index (χ2v) is 5.54. The Bertz CT molecular complexity index is 450. The van der Waals surface area contributed by atoms with E-state index in [1.807, 2.05) is 6.07 Å². The number of nitrogens with two attached hydrogens (primary N) is 1. The number of hydrogen-bond acceptors (Lipinski definition) is 2. The highest BCUT2D eigenvalue weighted by molar-refractivity contribution is 9.10. The summed E-state index contributed by atoms with van der Waals surface area (Å²) in [6, 6.07) is 5.09. The Hall–Kier alpha value is -0.940.